The molecule has 4 heterocycles. The van der Waals surface area contributed by atoms with Gasteiger partial charge < -0.3 is 24.7 Å². The van der Waals surface area contributed by atoms with E-state index in [-0.39, 0.29) is 17.4 Å². The fourth-order valence-electron chi connectivity index (χ4n) is 4.86. The summed E-state index contributed by atoms with van der Waals surface area (Å²) in [6.45, 7) is 0. The lowest BCUT2D eigenvalue weighted by atomic mass is 10.1. The number of ether oxygens (including phenoxy) is 1. The van der Waals surface area contributed by atoms with Crippen LogP contribution >= 0.6 is 19.2 Å². The zero-order valence-electron chi connectivity index (χ0n) is 18.6. The first-order chi connectivity index (χ1) is 17.2. The molecule has 2 unspecified atom stereocenters. The minimum Gasteiger partial charge on any atom is -0.388 e. The molecule has 0 spiro atoms. The summed E-state index contributed by atoms with van der Waals surface area (Å²) < 4.78 is 20.5. The molecule has 5 aromatic rings. The lowest BCUT2D eigenvalue weighted by Gasteiger charge is -2.17. The normalized spacial score (nSPS) is 22.8. The fourth-order valence-corrected chi connectivity index (χ4v) is 5.61. The molecule has 0 radical (unpaired) electrons. The average Bonchev–Trinajstić information content (AvgIpc) is 3.49. The van der Waals surface area contributed by atoms with Crippen LogP contribution < -0.4 is 0 Å². The summed E-state index contributed by atoms with van der Waals surface area (Å²) in [4.78, 5) is 31.7. The van der Waals surface area contributed by atoms with E-state index >= 15 is 0 Å². The van der Waals surface area contributed by atoms with Crippen LogP contribution in [-0.4, -0.2) is 68.6 Å². The van der Waals surface area contributed by atoms with Crippen LogP contribution in [0.1, 0.15) is 12.6 Å². The molecule has 1 saturated heterocycles. The largest absolute Gasteiger partial charge is 0.388 e. The van der Waals surface area contributed by atoms with Crippen LogP contribution in [0, 0.1) is 0 Å². The summed E-state index contributed by atoms with van der Waals surface area (Å²) in [6.07, 6.45) is -4.01. The first-order valence-corrected chi connectivity index (χ1v) is 13.4. The number of imidazole rings is 1. The van der Waals surface area contributed by atoms with Crippen LogP contribution in [0.5, 0.6) is 0 Å². The third-order valence-electron chi connectivity index (χ3n) is 6.48. The molecule has 2 aromatic carbocycles. The van der Waals surface area contributed by atoms with Gasteiger partial charge >= 0.3 is 7.60 Å². The zero-order chi connectivity index (χ0) is 25.2. The van der Waals surface area contributed by atoms with Crippen molar-refractivity contribution >= 4 is 52.2 Å². The number of hydrogen-bond acceptors (Lipinski definition) is 7. The van der Waals surface area contributed by atoms with E-state index in [0.29, 0.717) is 11.3 Å². The van der Waals surface area contributed by atoms with Gasteiger partial charge in [0.15, 0.2) is 23.2 Å². The smallest absolute Gasteiger partial charge is 0.325 e. The van der Waals surface area contributed by atoms with Crippen LogP contribution in [0.4, 0.5) is 0 Å². The molecule has 13 heteroatoms. The quantitative estimate of drug-likeness (QED) is 0.198. The highest BCUT2D eigenvalue weighted by Crippen LogP contribution is 2.40. The van der Waals surface area contributed by atoms with Crippen molar-refractivity contribution in [1.29, 1.82) is 0 Å². The minimum atomic E-state index is -4.30. The van der Waals surface area contributed by atoms with E-state index in [1.54, 1.807) is 0 Å². The van der Waals surface area contributed by atoms with Gasteiger partial charge in [-0.05, 0) is 30.2 Å². The van der Waals surface area contributed by atoms with Crippen LogP contribution in [-0.2, 0) is 9.30 Å². The zero-order valence-corrected chi connectivity index (χ0v) is 20.2. The van der Waals surface area contributed by atoms with E-state index < -0.39 is 38.3 Å². The summed E-state index contributed by atoms with van der Waals surface area (Å²) in [5.74, 6) is 0.437. The molecule has 6 rings (SSSR count). The van der Waals surface area contributed by atoms with Gasteiger partial charge in [0.2, 0.25) is 5.28 Å². The molecule has 3 aromatic heterocycles. The Morgan fingerprint density at radius 3 is 2.25 bits per heavy atom. The number of hydrogen-bond donors (Lipinski definition) is 4. The number of benzene rings is 2. The van der Waals surface area contributed by atoms with Crippen molar-refractivity contribution in [3.63, 3.8) is 0 Å². The molecule has 0 saturated carbocycles. The van der Waals surface area contributed by atoms with Gasteiger partial charge in [-0.3, -0.25) is 13.7 Å². The van der Waals surface area contributed by atoms with Gasteiger partial charge in [-0.2, -0.15) is 9.97 Å². The molecule has 36 heavy (non-hydrogen) atoms. The molecule has 186 valence electrons. The Labute approximate surface area is 208 Å². The Kier molecular flexibility index (Phi) is 5.62. The summed E-state index contributed by atoms with van der Waals surface area (Å²) in [7, 11) is -4.30. The van der Waals surface area contributed by atoms with Crippen molar-refractivity contribution < 1.29 is 29.3 Å². The predicted octanol–water partition coefficient (Wildman–Crippen LogP) is 2.76. The molecule has 1 aliphatic heterocycles. The summed E-state index contributed by atoms with van der Waals surface area (Å²) >= 11 is 6.36. The lowest BCUT2D eigenvalue weighted by molar-refractivity contribution is -0.0355. The molecule has 0 bridgehead atoms. The summed E-state index contributed by atoms with van der Waals surface area (Å²) in [5, 5.41) is 23.2. The maximum Gasteiger partial charge on any atom is 0.325 e. The van der Waals surface area contributed by atoms with Crippen LogP contribution in [0.3, 0.4) is 0 Å². The van der Waals surface area contributed by atoms with Crippen molar-refractivity contribution in [3.8, 4) is 5.82 Å². The molecular formula is C23H21ClN5O6P. The van der Waals surface area contributed by atoms with Crippen LogP contribution in [0.25, 0.3) is 38.8 Å². The Balaban J connectivity index is 1.48. The van der Waals surface area contributed by atoms with Gasteiger partial charge in [0.25, 0.3) is 0 Å². The van der Waals surface area contributed by atoms with Crippen LogP contribution in [0.2, 0.25) is 5.28 Å². The van der Waals surface area contributed by atoms with Crippen molar-refractivity contribution in [2.24, 2.45) is 0 Å². The maximum atomic E-state index is 11.3. The molecule has 1 aliphatic rings. The maximum absolute atomic E-state index is 11.3. The van der Waals surface area contributed by atoms with Crippen molar-refractivity contribution in [3.05, 3.63) is 60.1 Å². The monoisotopic (exact) mass is 529 g/mol. The second-order valence-electron chi connectivity index (χ2n) is 8.73. The van der Waals surface area contributed by atoms with Gasteiger partial charge in [-0.25, -0.2) is 4.98 Å². The number of para-hydroxylation sites is 2. The highest BCUT2D eigenvalue weighted by atomic mass is 35.5. The highest BCUT2D eigenvalue weighted by molar-refractivity contribution is 7.51. The third kappa shape index (κ3) is 3.80. The first kappa shape index (κ1) is 23.5. The number of aromatic nitrogens is 5. The number of fused-ring (bicyclic) bond motifs is 4. The molecule has 4 atom stereocenters. The second kappa shape index (κ2) is 8.60. The number of aliphatic hydroxyl groups excluding tert-OH is 2. The lowest BCUT2D eigenvalue weighted by Crippen LogP contribution is -2.31. The predicted molar refractivity (Wildman–Crippen MR) is 132 cm³/mol. The van der Waals surface area contributed by atoms with E-state index in [2.05, 4.69) is 15.0 Å². The molecular weight excluding hydrogens is 509 g/mol. The fraction of sp³-hybridized carbons (Fsp3) is 0.261. The highest BCUT2D eigenvalue weighted by Gasteiger charge is 2.44. The second-order valence-corrected chi connectivity index (χ2v) is 10.8. The van der Waals surface area contributed by atoms with Gasteiger partial charge in [0, 0.05) is 10.8 Å². The Morgan fingerprint density at radius 2 is 1.61 bits per heavy atom. The van der Waals surface area contributed by atoms with Crippen molar-refractivity contribution in [2.45, 2.75) is 31.0 Å². The van der Waals surface area contributed by atoms with E-state index in [1.807, 2.05) is 53.1 Å². The van der Waals surface area contributed by atoms with Crippen LogP contribution in [0.15, 0.2) is 54.9 Å². The van der Waals surface area contributed by atoms with E-state index in [1.165, 1.54) is 10.9 Å². The van der Waals surface area contributed by atoms with Gasteiger partial charge in [0.05, 0.1) is 29.6 Å². The number of aliphatic hydroxyl groups is 2. The standard InChI is InChI=1S/C23H21ClN5O6P/c24-23-26-20-17(25-11-28(20)22-19(31)18(30)16(35-22)9-10-36(32,33)34)21(27-23)29-14-7-3-1-5-12(14)13-6-2-4-8-15(13)29/h1-8,11,16,18-19,22,30-31H,9-10H2,(H2,32,33,34)/t16-,18?,19?,22-/m1/s1. The number of nitrogens with zero attached hydrogens (tertiary/aromatic N) is 5. The summed E-state index contributed by atoms with van der Waals surface area (Å²) in [5.41, 5.74) is 2.47. The first-order valence-electron chi connectivity index (χ1n) is 11.2. The molecule has 1 fully saturated rings. The third-order valence-corrected chi connectivity index (χ3v) is 7.49. The molecule has 4 N–H and O–H groups in total. The van der Waals surface area contributed by atoms with Gasteiger partial charge in [-0.15, -0.1) is 0 Å². The van der Waals surface area contributed by atoms with Crippen molar-refractivity contribution in [1.82, 2.24) is 24.1 Å². The number of rotatable bonds is 5. The van der Waals surface area contributed by atoms with Gasteiger partial charge in [0.1, 0.15) is 12.2 Å². The Bertz CT molecular complexity index is 1610. The van der Waals surface area contributed by atoms with Crippen molar-refractivity contribution in [2.75, 3.05) is 6.16 Å². The average molecular weight is 530 g/mol. The molecule has 11 nitrogen and oxygen atoms in total. The van der Waals surface area contributed by atoms with E-state index in [4.69, 9.17) is 16.3 Å². The van der Waals surface area contributed by atoms with E-state index in [9.17, 15) is 24.6 Å². The summed E-state index contributed by atoms with van der Waals surface area (Å²) in [6, 6.07) is 15.8. The topological polar surface area (TPSA) is 156 Å². The van der Waals surface area contributed by atoms with Gasteiger partial charge in [-0.1, -0.05) is 36.4 Å². The molecule has 0 amide bonds. The number of halogens is 1. The Morgan fingerprint density at radius 1 is 0.972 bits per heavy atom. The minimum absolute atomic E-state index is 0.0489. The molecule has 0 aliphatic carbocycles. The SMILES string of the molecule is O=P(O)(O)CC[C@H]1O[C@@H](n2cnc3c(-n4c5ccccc5c5ccccc54)nc(Cl)nc32)C(O)C1O. The Hall–Kier alpha value is -2.89. The van der Waals surface area contributed by atoms with E-state index in [0.717, 1.165) is 21.8 Å².